The molecule has 2 aromatic carbocycles. The minimum atomic E-state index is -1.12. The van der Waals surface area contributed by atoms with Crippen molar-refractivity contribution in [2.45, 2.75) is 0 Å². The van der Waals surface area contributed by atoms with E-state index in [9.17, 15) is 9.59 Å². The number of carbonyl (C=O) groups is 2. The summed E-state index contributed by atoms with van der Waals surface area (Å²) in [5.41, 5.74) is 1.55. The van der Waals surface area contributed by atoms with Crippen molar-refractivity contribution in [3.8, 4) is 5.69 Å². The predicted octanol–water partition coefficient (Wildman–Crippen LogP) is 2.87. The van der Waals surface area contributed by atoms with Crippen LogP contribution in [0.15, 0.2) is 55.1 Å². The van der Waals surface area contributed by atoms with Crippen LogP contribution in [0, 0.1) is 0 Å². The molecule has 0 fully saturated rings. The number of rotatable bonds is 4. The second-order valence-corrected chi connectivity index (χ2v) is 5.34. The number of halogens is 1. The minimum absolute atomic E-state index is 0.000700. The fourth-order valence-electron chi connectivity index (χ4n) is 2.11. The van der Waals surface area contributed by atoms with E-state index in [0.29, 0.717) is 11.3 Å². The van der Waals surface area contributed by atoms with Crippen molar-refractivity contribution in [1.82, 2.24) is 14.8 Å². The highest BCUT2D eigenvalue weighted by atomic mass is 35.5. The lowest BCUT2D eigenvalue weighted by Crippen LogP contribution is -2.12. The first kappa shape index (κ1) is 15.7. The molecule has 0 aliphatic rings. The maximum absolute atomic E-state index is 12.3. The third-order valence-electron chi connectivity index (χ3n) is 3.25. The summed E-state index contributed by atoms with van der Waals surface area (Å²) >= 11 is 5.87. The Kier molecular flexibility index (Phi) is 4.26. The van der Waals surface area contributed by atoms with Gasteiger partial charge in [-0.1, -0.05) is 11.6 Å². The number of aromatic carboxylic acids is 1. The summed E-state index contributed by atoms with van der Waals surface area (Å²) in [6, 6.07) is 10.9. The number of nitrogens with zero attached hydrogens (tertiary/aromatic N) is 3. The molecule has 0 radical (unpaired) electrons. The Labute approximate surface area is 141 Å². The van der Waals surface area contributed by atoms with E-state index in [4.69, 9.17) is 16.7 Å². The molecule has 8 heteroatoms. The molecule has 3 rings (SSSR count). The fourth-order valence-corrected chi connectivity index (χ4v) is 2.34. The highest BCUT2D eigenvalue weighted by Crippen LogP contribution is 2.20. The zero-order valence-electron chi connectivity index (χ0n) is 12.2. The zero-order chi connectivity index (χ0) is 17.1. The Balaban J connectivity index is 1.79. The Morgan fingerprint density at radius 3 is 2.29 bits per heavy atom. The smallest absolute Gasteiger partial charge is 0.335 e. The SMILES string of the molecule is O=C(O)c1cc(Cl)cc(NC(=O)c2ccc(-n3cnnc3)cc2)c1. The normalized spacial score (nSPS) is 10.4. The van der Waals surface area contributed by atoms with Gasteiger partial charge in [0.25, 0.3) is 5.91 Å². The number of carboxylic acids is 1. The summed E-state index contributed by atoms with van der Waals surface area (Å²) in [4.78, 5) is 23.3. The highest BCUT2D eigenvalue weighted by Gasteiger charge is 2.10. The third kappa shape index (κ3) is 3.41. The van der Waals surface area contributed by atoms with Crippen molar-refractivity contribution in [3.05, 3.63) is 71.3 Å². The number of anilines is 1. The number of carbonyl (C=O) groups excluding carboxylic acids is 1. The van der Waals surface area contributed by atoms with Gasteiger partial charge in [-0.25, -0.2) is 4.79 Å². The topological polar surface area (TPSA) is 97.1 Å². The second-order valence-electron chi connectivity index (χ2n) is 4.90. The number of benzene rings is 2. The quantitative estimate of drug-likeness (QED) is 0.759. The van der Waals surface area contributed by atoms with Crippen LogP contribution in [0.2, 0.25) is 5.02 Å². The molecular weight excluding hydrogens is 332 g/mol. The van der Waals surface area contributed by atoms with Crippen molar-refractivity contribution in [2.75, 3.05) is 5.32 Å². The largest absolute Gasteiger partial charge is 0.478 e. The molecule has 24 heavy (non-hydrogen) atoms. The number of amides is 1. The van der Waals surface area contributed by atoms with Gasteiger partial charge >= 0.3 is 5.97 Å². The second kappa shape index (κ2) is 6.51. The first-order valence-corrected chi connectivity index (χ1v) is 7.21. The van der Waals surface area contributed by atoms with Gasteiger partial charge in [0.05, 0.1) is 5.56 Å². The molecule has 0 aliphatic heterocycles. The molecule has 0 bridgehead atoms. The van der Waals surface area contributed by atoms with E-state index in [1.165, 1.54) is 18.2 Å². The van der Waals surface area contributed by atoms with Crippen LogP contribution in [-0.2, 0) is 0 Å². The molecule has 0 aliphatic carbocycles. The molecule has 1 aromatic heterocycles. The highest BCUT2D eigenvalue weighted by molar-refractivity contribution is 6.31. The maximum atomic E-state index is 12.3. The van der Waals surface area contributed by atoms with E-state index in [2.05, 4.69) is 15.5 Å². The van der Waals surface area contributed by atoms with Crippen molar-refractivity contribution in [1.29, 1.82) is 0 Å². The molecule has 1 amide bonds. The number of hydrogen-bond acceptors (Lipinski definition) is 4. The van der Waals surface area contributed by atoms with Gasteiger partial charge in [-0.15, -0.1) is 10.2 Å². The molecular formula is C16H11ClN4O3. The molecule has 0 saturated carbocycles. The lowest BCUT2D eigenvalue weighted by atomic mass is 10.1. The standard InChI is InChI=1S/C16H11ClN4O3/c17-12-5-11(16(23)24)6-13(7-12)20-15(22)10-1-3-14(4-2-10)21-8-18-19-9-21/h1-9H,(H,20,22)(H,23,24). The van der Waals surface area contributed by atoms with Crippen LogP contribution in [0.5, 0.6) is 0 Å². The Morgan fingerprint density at radius 1 is 1.00 bits per heavy atom. The summed E-state index contributed by atoms with van der Waals surface area (Å²) in [7, 11) is 0. The van der Waals surface area contributed by atoms with Gasteiger partial charge in [-0.2, -0.15) is 0 Å². The van der Waals surface area contributed by atoms with Crippen LogP contribution in [0.1, 0.15) is 20.7 Å². The molecule has 2 N–H and O–H groups in total. The molecule has 120 valence electrons. The third-order valence-corrected chi connectivity index (χ3v) is 3.47. The molecule has 0 spiro atoms. The van der Waals surface area contributed by atoms with Gasteiger partial charge in [0.1, 0.15) is 12.7 Å². The monoisotopic (exact) mass is 342 g/mol. The summed E-state index contributed by atoms with van der Waals surface area (Å²) in [6.45, 7) is 0. The van der Waals surface area contributed by atoms with Crippen LogP contribution < -0.4 is 5.32 Å². The summed E-state index contributed by atoms with van der Waals surface area (Å²) in [5, 5.41) is 19.3. The first-order valence-electron chi connectivity index (χ1n) is 6.83. The summed E-state index contributed by atoms with van der Waals surface area (Å²) in [5.74, 6) is -1.49. The Hall–Kier alpha value is -3.19. The van der Waals surface area contributed by atoms with Gasteiger partial charge in [0.15, 0.2) is 0 Å². The van der Waals surface area contributed by atoms with Crippen LogP contribution in [-0.4, -0.2) is 31.7 Å². The molecule has 0 saturated heterocycles. The maximum Gasteiger partial charge on any atom is 0.335 e. The zero-order valence-corrected chi connectivity index (χ0v) is 12.9. The van der Waals surface area contributed by atoms with Crippen molar-refractivity contribution < 1.29 is 14.7 Å². The lowest BCUT2D eigenvalue weighted by Gasteiger charge is -2.08. The Bertz CT molecular complexity index is 892. The number of hydrogen-bond donors (Lipinski definition) is 2. The minimum Gasteiger partial charge on any atom is -0.478 e. The predicted molar refractivity (Wildman–Crippen MR) is 87.7 cm³/mol. The summed E-state index contributed by atoms with van der Waals surface area (Å²) in [6.07, 6.45) is 3.10. The average Bonchev–Trinajstić information content (AvgIpc) is 3.09. The van der Waals surface area contributed by atoms with Crippen LogP contribution in [0.4, 0.5) is 5.69 Å². The molecule has 0 unspecified atom stereocenters. The lowest BCUT2D eigenvalue weighted by molar-refractivity contribution is 0.0696. The first-order chi connectivity index (χ1) is 11.5. The van der Waals surface area contributed by atoms with E-state index in [1.807, 2.05) is 0 Å². The molecule has 0 atom stereocenters. The van der Waals surface area contributed by atoms with Crippen LogP contribution >= 0.6 is 11.6 Å². The van der Waals surface area contributed by atoms with Crippen LogP contribution in [0.3, 0.4) is 0 Å². The van der Waals surface area contributed by atoms with E-state index < -0.39 is 5.97 Å². The van der Waals surface area contributed by atoms with E-state index >= 15 is 0 Å². The number of aromatic nitrogens is 3. The van der Waals surface area contributed by atoms with E-state index in [0.717, 1.165) is 5.69 Å². The van der Waals surface area contributed by atoms with Gasteiger partial charge in [-0.3, -0.25) is 9.36 Å². The van der Waals surface area contributed by atoms with E-state index in [1.54, 1.807) is 41.5 Å². The summed E-state index contributed by atoms with van der Waals surface area (Å²) < 4.78 is 1.71. The molecule has 1 heterocycles. The number of carboxylic acid groups (broad SMARTS) is 1. The van der Waals surface area contributed by atoms with Crippen molar-refractivity contribution in [2.24, 2.45) is 0 Å². The molecule has 3 aromatic rings. The Morgan fingerprint density at radius 2 is 1.67 bits per heavy atom. The van der Waals surface area contributed by atoms with Crippen molar-refractivity contribution >= 4 is 29.2 Å². The van der Waals surface area contributed by atoms with Crippen molar-refractivity contribution in [3.63, 3.8) is 0 Å². The van der Waals surface area contributed by atoms with Gasteiger partial charge < -0.3 is 10.4 Å². The fraction of sp³-hybridized carbons (Fsp3) is 0. The van der Waals surface area contributed by atoms with Gasteiger partial charge in [0, 0.05) is 22.0 Å². The molecule has 7 nitrogen and oxygen atoms in total. The van der Waals surface area contributed by atoms with Gasteiger partial charge in [0.2, 0.25) is 0 Å². The van der Waals surface area contributed by atoms with Crippen LogP contribution in [0.25, 0.3) is 5.69 Å². The van der Waals surface area contributed by atoms with Gasteiger partial charge in [-0.05, 0) is 42.5 Å². The number of nitrogens with one attached hydrogen (secondary N) is 1. The van der Waals surface area contributed by atoms with E-state index in [-0.39, 0.29) is 16.5 Å². The average molecular weight is 343 g/mol.